The van der Waals surface area contributed by atoms with Crippen molar-refractivity contribution in [3.63, 3.8) is 0 Å². The van der Waals surface area contributed by atoms with Crippen LogP contribution >= 0.6 is 27.3 Å². The van der Waals surface area contributed by atoms with Gasteiger partial charge in [0.15, 0.2) is 0 Å². The van der Waals surface area contributed by atoms with Crippen molar-refractivity contribution in [2.75, 3.05) is 0 Å². The first-order chi connectivity index (χ1) is 10.5. The van der Waals surface area contributed by atoms with Crippen LogP contribution in [-0.4, -0.2) is 10.2 Å². The van der Waals surface area contributed by atoms with E-state index in [1.165, 1.54) is 0 Å². The number of phenolic OH excluding ortho intramolecular Hbond substituents is 2. The Labute approximate surface area is 141 Å². The Morgan fingerprint density at radius 2 is 1.36 bits per heavy atom. The SMILES string of the molecule is Cc1cc(-c2cc(Br)c(-c3ccc(O)c(C)c3)s2)ccc1O. The van der Waals surface area contributed by atoms with E-state index in [0.29, 0.717) is 11.5 Å². The van der Waals surface area contributed by atoms with Crippen molar-refractivity contribution in [3.8, 4) is 32.4 Å². The van der Waals surface area contributed by atoms with Crippen LogP contribution in [0.15, 0.2) is 46.9 Å². The summed E-state index contributed by atoms with van der Waals surface area (Å²) in [4.78, 5) is 2.26. The van der Waals surface area contributed by atoms with Crippen molar-refractivity contribution < 1.29 is 10.2 Å². The number of aromatic hydroxyl groups is 2. The van der Waals surface area contributed by atoms with Gasteiger partial charge in [-0.25, -0.2) is 0 Å². The predicted molar refractivity (Wildman–Crippen MR) is 95.7 cm³/mol. The highest BCUT2D eigenvalue weighted by Gasteiger charge is 2.12. The van der Waals surface area contributed by atoms with Gasteiger partial charge in [0.1, 0.15) is 11.5 Å². The number of rotatable bonds is 2. The summed E-state index contributed by atoms with van der Waals surface area (Å²) < 4.78 is 1.03. The maximum absolute atomic E-state index is 9.67. The Morgan fingerprint density at radius 1 is 0.818 bits per heavy atom. The fourth-order valence-corrected chi connectivity index (χ4v) is 4.21. The Morgan fingerprint density at radius 3 is 1.95 bits per heavy atom. The molecule has 0 bridgehead atoms. The van der Waals surface area contributed by atoms with E-state index in [-0.39, 0.29) is 0 Å². The van der Waals surface area contributed by atoms with Crippen LogP contribution in [0.4, 0.5) is 0 Å². The number of halogens is 1. The molecule has 2 aromatic carbocycles. The minimum atomic E-state index is 0.311. The number of hydrogen-bond donors (Lipinski definition) is 2. The van der Waals surface area contributed by atoms with Crippen molar-refractivity contribution in [1.82, 2.24) is 0 Å². The van der Waals surface area contributed by atoms with Gasteiger partial charge >= 0.3 is 0 Å². The zero-order chi connectivity index (χ0) is 15.9. The van der Waals surface area contributed by atoms with Gasteiger partial charge in [0, 0.05) is 14.2 Å². The largest absolute Gasteiger partial charge is 0.508 e. The Balaban J connectivity index is 2.06. The third-order valence-corrected chi connectivity index (χ3v) is 5.75. The van der Waals surface area contributed by atoms with Crippen molar-refractivity contribution in [2.24, 2.45) is 0 Å². The Hall–Kier alpha value is -1.78. The molecular formula is C18H15BrO2S. The molecule has 0 fully saturated rings. The molecule has 2 nitrogen and oxygen atoms in total. The topological polar surface area (TPSA) is 40.5 Å². The van der Waals surface area contributed by atoms with E-state index in [2.05, 4.69) is 22.0 Å². The van der Waals surface area contributed by atoms with Crippen molar-refractivity contribution >= 4 is 27.3 Å². The van der Waals surface area contributed by atoms with Crippen LogP contribution in [0.3, 0.4) is 0 Å². The van der Waals surface area contributed by atoms with Gasteiger partial charge in [-0.3, -0.25) is 0 Å². The van der Waals surface area contributed by atoms with Crippen LogP contribution in [0.25, 0.3) is 20.9 Å². The van der Waals surface area contributed by atoms with Crippen molar-refractivity contribution in [2.45, 2.75) is 13.8 Å². The van der Waals surface area contributed by atoms with Crippen LogP contribution in [0.5, 0.6) is 11.5 Å². The first-order valence-electron chi connectivity index (χ1n) is 6.85. The van der Waals surface area contributed by atoms with Gasteiger partial charge < -0.3 is 10.2 Å². The first kappa shape index (κ1) is 15.1. The third-order valence-electron chi connectivity index (χ3n) is 3.63. The summed E-state index contributed by atoms with van der Waals surface area (Å²) in [6.45, 7) is 3.79. The lowest BCUT2D eigenvalue weighted by molar-refractivity contribution is 0.471. The van der Waals surface area contributed by atoms with Crippen molar-refractivity contribution in [1.29, 1.82) is 0 Å². The van der Waals surface area contributed by atoms with E-state index in [4.69, 9.17) is 0 Å². The van der Waals surface area contributed by atoms with Gasteiger partial charge in [0.05, 0.1) is 0 Å². The molecule has 3 rings (SSSR count). The highest BCUT2D eigenvalue weighted by molar-refractivity contribution is 9.10. The molecule has 1 heterocycles. The number of phenols is 2. The molecular weight excluding hydrogens is 360 g/mol. The zero-order valence-corrected chi connectivity index (χ0v) is 14.6. The standard InChI is InChI=1S/C18H15BrO2S/c1-10-7-12(3-5-15(10)20)17-9-14(19)18(22-17)13-4-6-16(21)11(2)8-13/h3-9,20-21H,1-2H3. The highest BCUT2D eigenvalue weighted by Crippen LogP contribution is 2.42. The summed E-state index contributed by atoms with van der Waals surface area (Å²) in [6.07, 6.45) is 0. The fraction of sp³-hybridized carbons (Fsp3) is 0.111. The molecule has 0 amide bonds. The van der Waals surface area contributed by atoms with Crippen LogP contribution in [0.2, 0.25) is 0 Å². The summed E-state index contributed by atoms with van der Waals surface area (Å²) in [5, 5.41) is 19.3. The Bertz CT molecular complexity index is 852. The molecule has 2 N–H and O–H groups in total. The van der Waals surface area contributed by atoms with Gasteiger partial charge in [0.25, 0.3) is 0 Å². The average Bonchev–Trinajstić information content (AvgIpc) is 2.87. The molecule has 1 aromatic heterocycles. The molecule has 0 aliphatic heterocycles. The summed E-state index contributed by atoms with van der Waals surface area (Å²) in [5.41, 5.74) is 3.89. The molecule has 0 atom stereocenters. The van der Waals surface area contributed by atoms with Gasteiger partial charge in [-0.15, -0.1) is 11.3 Å². The number of thiophene rings is 1. The molecule has 0 spiro atoms. The summed E-state index contributed by atoms with van der Waals surface area (Å²) >= 11 is 5.31. The van der Waals surface area contributed by atoms with Crippen LogP contribution in [-0.2, 0) is 0 Å². The minimum absolute atomic E-state index is 0.311. The highest BCUT2D eigenvalue weighted by atomic mass is 79.9. The molecule has 0 radical (unpaired) electrons. The summed E-state index contributed by atoms with van der Waals surface area (Å²) in [5.74, 6) is 0.625. The zero-order valence-electron chi connectivity index (χ0n) is 12.2. The molecule has 0 unspecified atom stereocenters. The number of benzene rings is 2. The van der Waals surface area contributed by atoms with Crippen LogP contribution < -0.4 is 0 Å². The summed E-state index contributed by atoms with van der Waals surface area (Å²) in [7, 11) is 0. The van der Waals surface area contributed by atoms with E-state index >= 15 is 0 Å². The lowest BCUT2D eigenvalue weighted by Gasteiger charge is -2.03. The number of aryl methyl sites for hydroxylation is 2. The molecule has 0 saturated heterocycles. The van der Waals surface area contributed by atoms with Crippen molar-refractivity contribution in [3.05, 3.63) is 58.1 Å². The molecule has 112 valence electrons. The quantitative estimate of drug-likeness (QED) is 0.588. The van der Waals surface area contributed by atoms with Gasteiger partial charge in [-0.1, -0.05) is 0 Å². The second-order valence-corrected chi connectivity index (χ2v) is 7.20. The lowest BCUT2D eigenvalue weighted by atomic mass is 10.1. The molecule has 3 aromatic rings. The molecule has 22 heavy (non-hydrogen) atoms. The Kier molecular flexibility index (Phi) is 3.98. The normalized spacial score (nSPS) is 10.9. The maximum atomic E-state index is 9.67. The molecule has 0 aliphatic carbocycles. The molecule has 0 saturated carbocycles. The monoisotopic (exact) mass is 374 g/mol. The van der Waals surface area contributed by atoms with E-state index in [1.807, 2.05) is 38.1 Å². The van der Waals surface area contributed by atoms with E-state index in [0.717, 1.165) is 36.5 Å². The van der Waals surface area contributed by atoms with Gasteiger partial charge in [0.2, 0.25) is 0 Å². The lowest BCUT2D eigenvalue weighted by Crippen LogP contribution is -1.78. The van der Waals surface area contributed by atoms with E-state index < -0.39 is 0 Å². The van der Waals surface area contributed by atoms with Gasteiger partial charge in [-0.05, 0) is 94.5 Å². The van der Waals surface area contributed by atoms with E-state index in [1.54, 1.807) is 23.5 Å². The van der Waals surface area contributed by atoms with Gasteiger partial charge in [-0.2, -0.15) is 0 Å². The third kappa shape index (κ3) is 2.76. The minimum Gasteiger partial charge on any atom is -0.508 e. The predicted octanol–water partition coefficient (Wildman–Crippen LogP) is 5.87. The maximum Gasteiger partial charge on any atom is 0.118 e. The average molecular weight is 375 g/mol. The molecule has 4 heteroatoms. The molecule has 0 aliphatic rings. The first-order valence-corrected chi connectivity index (χ1v) is 8.46. The summed E-state index contributed by atoms with van der Waals surface area (Å²) in [6, 6.07) is 13.4. The smallest absolute Gasteiger partial charge is 0.118 e. The second kappa shape index (κ2) is 5.78. The van der Waals surface area contributed by atoms with Crippen LogP contribution in [0, 0.1) is 13.8 Å². The second-order valence-electron chi connectivity index (χ2n) is 5.29. The van der Waals surface area contributed by atoms with E-state index in [9.17, 15) is 10.2 Å². The fourth-order valence-electron chi connectivity index (χ4n) is 2.31. The number of hydrogen-bond acceptors (Lipinski definition) is 3. The van der Waals surface area contributed by atoms with Crippen LogP contribution in [0.1, 0.15) is 11.1 Å².